The Morgan fingerprint density at radius 1 is 1.33 bits per heavy atom. The average molecular weight is 330 g/mol. The van der Waals surface area contributed by atoms with Gasteiger partial charge in [0.15, 0.2) is 5.69 Å². The Balaban J connectivity index is 1.62. The van der Waals surface area contributed by atoms with E-state index in [1.165, 1.54) is 5.56 Å². The van der Waals surface area contributed by atoms with Gasteiger partial charge in [-0.3, -0.25) is 4.79 Å². The van der Waals surface area contributed by atoms with E-state index in [-0.39, 0.29) is 11.6 Å². The van der Waals surface area contributed by atoms with Gasteiger partial charge in [-0.25, -0.2) is 4.68 Å². The molecule has 1 atom stereocenters. The first-order valence-corrected chi connectivity index (χ1v) is 8.11. The molecular weight excluding hydrogens is 308 g/mol. The van der Waals surface area contributed by atoms with Gasteiger partial charge in [-0.2, -0.15) is 0 Å². The highest BCUT2D eigenvalue weighted by Crippen LogP contribution is 2.14. The average Bonchev–Trinajstić information content (AvgIpc) is 3.11. The normalized spacial score (nSPS) is 20.8. The number of carbonyl (C=O) groups is 1. The Morgan fingerprint density at radius 2 is 2.12 bits per heavy atom. The number of aryl methyl sites for hydroxylation is 1. The molecule has 1 saturated heterocycles. The fourth-order valence-corrected chi connectivity index (χ4v) is 2.52. The molecule has 24 heavy (non-hydrogen) atoms. The minimum atomic E-state index is -0.500. The van der Waals surface area contributed by atoms with Gasteiger partial charge in [-0.15, -0.1) is 5.10 Å². The van der Waals surface area contributed by atoms with Crippen LogP contribution in [0.25, 0.3) is 5.69 Å². The van der Waals surface area contributed by atoms with E-state index >= 15 is 0 Å². The van der Waals surface area contributed by atoms with Crippen LogP contribution in [0, 0.1) is 0 Å². The van der Waals surface area contributed by atoms with E-state index in [1.807, 2.05) is 31.2 Å². The molecule has 1 aliphatic heterocycles. The molecule has 1 aromatic carbocycles. The number of aromatic nitrogens is 3. The first-order valence-electron chi connectivity index (χ1n) is 8.11. The summed E-state index contributed by atoms with van der Waals surface area (Å²) < 4.78 is 12.7. The van der Waals surface area contributed by atoms with Crippen LogP contribution in [0.5, 0.6) is 0 Å². The monoisotopic (exact) mass is 330 g/mol. The van der Waals surface area contributed by atoms with Gasteiger partial charge in [0.05, 0.1) is 31.7 Å². The van der Waals surface area contributed by atoms with Crippen molar-refractivity contribution in [3.63, 3.8) is 0 Å². The Kier molecular flexibility index (Phi) is 4.92. The molecule has 3 rings (SSSR count). The molecule has 7 heteroatoms. The van der Waals surface area contributed by atoms with Crippen LogP contribution in [-0.4, -0.2) is 52.9 Å². The minimum absolute atomic E-state index is 0.273. The van der Waals surface area contributed by atoms with Crippen molar-refractivity contribution >= 4 is 5.91 Å². The Bertz CT molecular complexity index is 690. The van der Waals surface area contributed by atoms with Crippen LogP contribution in [-0.2, 0) is 15.9 Å². The third kappa shape index (κ3) is 3.80. The van der Waals surface area contributed by atoms with E-state index in [2.05, 4.69) is 22.6 Å². The van der Waals surface area contributed by atoms with E-state index in [1.54, 1.807) is 10.9 Å². The first-order chi connectivity index (χ1) is 11.6. The molecule has 0 radical (unpaired) electrons. The number of nitrogens with one attached hydrogen (secondary N) is 1. The summed E-state index contributed by atoms with van der Waals surface area (Å²) in [4.78, 5) is 12.3. The van der Waals surface area contributed by atoms with Gasteiger partial charge < -0.3 is 14.8 Å². The summed E-state index contributed by atoms with van der Waals surface area (Å²) in [5, 5.41) is 10.8. The maximum absolute atomic E-state index is 12.3. The van der Waals surface area contributed by atoms with Crippen molar-refractivity contribution in [3.05, 3.63) is 41.7 Å². The minimum Gasteiger partial charge on any atom is -0.376 e. The Hall–Kier alpha value is -2.25. The lowest BCUT2D eigenvalue weighted by molar-refractivity contribution is -0.144. The smallest absolute Gasteiger partial charge is 0.273 e. The number of nitrogens with zero attached hydrogens (tertiary/aromatic N) is 3. The predicted molar refractivity (Wildman–Crippen MR) is 88.2 cm³/mol. The van der Waals surface area contributed by atoms with Gasteiger partial charge in [0.2, 0.25) is 0 Å². The fourth-order valence-electron chi connectivity index (χ4n) is 2.52. The quantitative estimate of drug-likeness (QED) is 0.896. The van der Waals surface area contributed by atoms with Gasteiger partial charge >= 0.3 is 0 Å². The number of amides is 1. The lowest BCUT2D eigenvalue weighted by atomic mass is 10.1. The predicted octanol–water partition coefficient (Wildman–Crippen LogP) is 1.36. The third-order valence-electron chi connectivity index (χ3n) is 4.04. The van der Waals surface area contributed by atoms with Crippen molar-refractivity contribution in [2.75, 3.05) is 26.4 Å². The van der Waals surface area contributed by atoms with Crippen molar-refractivity contribution in [2.24, 2.45) is 0 Å². The second kappa shape index (κ2) is 7.11. The number of hydrogen-bond acceptors (Lipinski definition) is 5. The zero-order valence-electron chi connectivity index (χ0n) is 14.0. The molecule has 0 spiro atoms. The van der Waals surface area contributed by atoms with E-state index in [0.29, 0.717) is 26.4 Å². The molecule has 2 heterocycles. The third-order valence-corrected chi connectivity index (χ3v) is 4.04. The summed E-state index contributed by atoms with van der Waals surface area (Å²) in [5.74, 6) is -0.276. The van der Waals surface area contributed by atoms with Crippen LogP contribution >= 0.6 is 0 Å². The number of hydrogen-bond donors (Lipinski definition) is 1. The number of rotatable bonds is 5. The SMILES string of the molecule is CCc1ccc(-n2cc(C(=O)NCC3(C)COCCO3)nn2)cc1. The summed E-state index contributed by atoms with van der Waals surface area (Å²) in [7, 11) is 0. The highest BCUT2D eigenvalue weighted by Gasteiger charge is 2.29. The van der Waals surface area contributed by atoms with Crippen molar-refractivity contribution in [3.8, 4) is 5.69 Å². The molecule has 7 nitrogen and oxygen atoms in total. The molecule has 128 valence electrons. The molecule has 1 amide bonds. The maximum atomic E-state index is 12.3. The molecule has 1 fully saturated rings. The zero-order valence-corrected chi connectivity index (χ0v) is 14.0. The second-order valence-electron chi connectivity index (χ2n) is 6.10. The van der Waals surface area contributed by atoms with Gasteiger partial charge in [0.25, 0.3) is 5.91 Å². The van der Waals surface area contributed by atoms with Crippen LogP contribution < -0.4 is 5.32 Å². The molecule has 1 aromatic heterocycles. The van der Waals surface area contributed by atoms with Crippen LogP contribution in [0.4, 0.5) is 0 Å². The van der Waals surface area contributed by atoms with E-state index in [0.717, 1.165) is 12.1 Å². The summed E-state index contributed by atoms with van der Waals surface area (Å²) in [6.07, 6.45) is 2.60. The Morgan fingerprint density at radius 3 is 2.79 bits per heavy atom. The largest absolute Gasteiger partial charge is 0.376 e. The Labute approximate surface area is 141 Å². The molecule has 0 saturated carbocycles. The number of benzene rings is 1. The van der Waals surface area contributed by atoms with Crippen LogP contribution in [0.15, 0.2) is 30.5 Å². The van der Waals surface area contributed by atoms with Gasteiger partial charge in [0.1, 0.15) is 5.60 Å². The lowest BCUT2D eigenvalue weighted by Crippen LogP contribution is -2.49. The molecule has 1 unspecified atom stereocenters. The standard InChI is InChI=1S/C17H22N4O3/c1-3-13-4-6-14(7-5-13)21-10-15(19-20-21)16(22)18-11-17(2)12-23-8-9-24-17/h4-7,10H,3,8-9,11-12H2,1-2H3,(H,18,22). The molecule has 1 N–H and O–H groups in total. The molecular formula is C17H22N4O3. The highest BCUT2D eigenvalue weighted by molar-refractivity contribution is 5.91. The van der Waals surface area contributed by atoms with Gasteiger partial charge in [0, 0.05) is 6.54 Å². The topological polar surface area (TPSA) is 78.3 Å². The first kappa shape index (κ1) is 16.6. The zero-order chi connectivity index (χ0) is 17.0. The summed E-state index contributed by atoms with van der Waals surface area (Å²) in [5.41, 5.74) is 1.89. The van der Waals surface area contributed by atoms with Crippen molar-refractivity contribution in [1.82, 2.24) is 20.3 Å². The van der Waals surface area contributed by atoms with E-state index < -0.39 is 5.60 Å². The van der Waals surface area contributed by atoms with Crippen molar-refractivity contribution < 1.29 is 14.3 Å². The molecule has 1 aliphatic rings. The van der Waals surface area contributed by atoms with Crippen LogP contribution in [0.3, 0.4) is 0 Å². The van der Waals surface area contributed by atoms with Gasteiger partial charge in [-0.05, 0) is 31.0 Å². The van der Waals surface area contributed by atoms with Crippen LogP contribution in [0.2, 0.25) is 0 Å². The molecule has 0 bridgehead atoms. The highest BCUT2D eigenvalue weighted by atomic mass is 16.6. The van der Waals surface area contributed by atoms with Crippen molar-refractivity contribution in [2.45, 2.75) is 25.9 Å². The number of carbonyl (C=O) groups excluding carboxylic acids is 1. The summed E-state index contributed by atoms with van der Waals surface area (Å²) in [6.45, 7) is 5.98. The van der Waals surface area contributed by atoms with Crippen LogP contribution in [0.1, 0.15) is 29.9 Å². The van der Waals surface area contributed by atoms with E-state index in [9.17, 15) is 4.79 Å². The fraction of sp³-hybridized carbons (Fsp3) is 0.471. The number of ether oxygens (including phenoxy) is 2. The van der Waals surface area contributed by atoms with Crippen molar-refractivity contribution in [1.29, 1.82) is 0 Å². The summed E-state index contributed by atoms with van der Waals surface area (Å²) >= 11 is 0. The second-order valence-corrected chi connectivity index (χ2v) is 6.10. The molecule has 0 aliphatic carbocycles. The maximum Gasteiger partial charge on any atom is 0.273 e. The lowest BCUT2D eigenvalue weighted by Gasteiger charge is -2.33. The molecule has 2 aromatic rings. The van der Waals surface area contributed by atoms with E-state index in [4.69, 9.17) is 9.47 Å². The van der Waals surface area contributed by atoms with Gasteiger partial charge in [-0.1, -0.05) is 24.3 Å². The summed E-state index contributed by atoms with van der Waals surface area (Å²) in [6, 6.07) is 8.00.